The van der Waals surface area contributed by atoms with Crippen molar-refractivity contribution in [2.24, 2.45) is 0 Å². The van der Waals surface area contributed by atoms with Gasteiger partial charge >= 0.3 is 0 Å². The van der Waals surface area contributed by atoms with Crippen LogP contribution in [0.15, 0.2) is 48.5 Å². The van der Waals surface area contributed by atoms with Crippen molar-refractivity contribution in [3.8, 4) is 5.75 Å². The average Bonchev–Trinajstić information content (AvgIpc) is 2.60. The monoisotopic (exact) mass is 329 g/mol. The van der Waals surface area contributed by atoms with Crippen molar-refractivity contribution in [2.75, 3.05) is 25.5 Å². The van der Waals surface area contributed by atoms with Crippen LogP contribution in [0.1, 0.15) is 5.56 Å². The standard InChI is InChI=1S/C17H19N3O4/c1-24-16-8-7-14(20(22)23)11-15(16)19-12-17(21)18-10-9-13-5-3-2-4-6-13/h2-8,11,19H,9-10,12H2,1H3,(H,18,21). The number of nitro groups is 1. The molecular formula is C17H19N3O4. The number of benzene rings is 2. The zero-order valence-electron chi connectivity index (χ0n) is 13.3. The van der Waals surface area contributed by atoms with Crippen LogP contribution in [0.5, 0.6) is 5.75 Å². The molecule has 126 valence electrons. The van der Waals surface area contributed by atoms with E-state index >= 15 is 0 Å². The van der Waals surface area contributed by atoms with Gasteiger partial charge < -0.3 is 15.4 Å². The second-order valence-corrected chi connectivity index (χ2v) is 5.08. The number of hydrogen-bond acceptors (Lipinski definition) is 5. The molecule has 2 aromatic carbocycles. The molecule has 0 aromatic heterocycles. The van der Waals surface area contributed by atoms with Gasteiger partial charge in [0.05, 0.1) is 24.3 Å². The minimum absolute atomic E-state index is 0.00627. The van der Waals surface area contributed by atoms with Gasteiger partial charge in [-0.15, -0.1) is 0 Å². The van der Waals surface area contributed by atoms with Crippen molar-refractivity contribution in [1.82, 2.24) is 5.32 Å². The van der Waals surface area contributed by atoms with Gasteiger partial charge in [-0.25, -0.2) is 0 Å². The van der Waals surface area contributed by atoms with Crippen LogP contribution < -0.4 is 15.4 Å². The Morgan fingerprint density at radius 2 is 1.96 bits per heavy atom. The van der Waals surface area contributed by atoms with Crippen LogP contribution in [0.25, 0.3) is 0 Å². The van der Waals surface area contributed by atoms with E-state index in [9.17, 15) is 14.9 Å². The maximum Gasteiger partial charge on any atom is 0.271 e. The average molecular weight is 329 g/mol. The van der Waals surface area contributed by atoms with E-state index in [2.05, 4.69) is 10.6 Å². The van der Waals surface area contributed by atoms with E-state index in [0.29, 0.717) is 18.0 Å². The topological polar surface area (TPSA) is 93.5 Å². The summed E-state index contributed by atoms with van der Waals surface area (Å²) in [5.74, 6) is 0.247. The Balaban J connectivity index is 1.84. The Labute approximate surface area is 139 Å². The van der Waals surface area contributed by atoms with Gasteiger partial charge in [-0.1, -0.05) is 30.3 Å². The fourth-order valence-corrected chi connectivity index (χ4v) is 2.18. The third-order valence-corrected chi connectivity index (χ3v) is 3.41. The Morgan fingerprint density at radius 1 is 1.21 bits per heavy atom. The summed E-state index contributed by atoms with van der Waals surface area (Å²) in [4.78, 5) is 22.2. The van der Waals surface area contributed by atoms with Gasteiger partial charge in [0.15, 0.2) is 0 Å². The molecule has 0 saturated carbocycles. The molecule has 0 bridgehead atoms. The first-order valence-corrected chi connectivity index (χ1v) is 7.47. The Hall–Kier alpha value is -3.09. The SMILES string of the molecule is COc1ccc([N+](=O)[O-])cc1NCC(=O)NCCc1ccccc1. The summed E-state index contributed by atoms with van der Waals surface area (Å²) in [6, 6.07) is 14.0. The normalized spacial score (nSPS) is 10.0. The molecule has 24 heavy (non-hydrogen) atoms. The van der Waals surface area contributed by atoms with Crippen LogP contribution in [0.4, 0.5) is 11.4 Å². The predicted octanol–water partition coefficient (Wildman–Crippen LogP) is 2.37. The number of methoxy groups -OCH3 is 1. The Morgan fingerprint density at radius 3 is 2.62 bits per heavy atom. The zero-order chi connectivity index (χ0) is 17.4. The molecule has 2 N–H and O–H groups in total. The molecule has 0 fully saturated rings. The molecule has 0 unspecified atom stereocenters. The number of carbonyl (C=O) groups excluding carboxylic acids is 1. The molecule has 7 nitrogen and oxygen atoms in total. The van der Waals surface area contributed by atoms with Gasteiger partial charge in [-0.05, 0) is 18.1 Å². The summed E-state index contributed by atoms with van der Waals surface area (Å²) >= 11 is 0. The van der Waals surface area contributed by atoms with Crippen molar-refractivity contribution in [3.63, 3.8) is 0 Å². The van der Waals surface area contributed by atoms with Crippen molar-refractivity contribution in [3.05, 3.63) is 64.2 Å². The number of ether oxygens (including phenoxy) is 1. The van der Waals surface area contributed by atoms with Crippen molar-refractivity contribution in [1.29, 1.82) is 0 Å². The van der Waals surface area contributed by atoms with Gasteiger partial charge in [-0.3, -0.25) is 14.9 Å². The van der Waals surface area contributed by atoms with Crippen LogP contribution in [0.2, 0.25) is 0 Å². The lowest BCUT2D eigenvalue weighted by atomic mass is 10.1. The van der Waals surface area contributed by atoms with E-state index < -0.39 is 4.92 Å². The summed E-state index contributed by atoms with van der Waals surface area (Å²) in [5, 5.41) is 16.5. The summed E-state index contributed by atoms with van der Waals surface area (Å²) in [6.07, 6.45) is 0.743. The molecule has 1 amide bonds. The maximum absolute atomic E-state index is 11.9. The van der Waals surface area contributed by atoms with E-state index in [1.807, 2.05) is 30.3 Å². The van der Waals surface area contributed by atoms with Crippen LogP contribution in [-0.4, -0.2) is 31.0 Å². The van der Waals surface area contributed by atoms with Crippen molar-refractivity contribution >= 4 is 17.3 Å². The number of nitro benzene ring substituents is 1. The van der Waals surface area contributed by atoms with E-state index in [1.165, 1.54) is 25.3 Å². The van der Waals surface area contributed by atoms with Crippen LogP contribution in [0.3, 0.4) is 0 Å². The summed E-state index contributed by atoms with van der Waals surface area (Å²) in [6.45, 7) is 0.531. The van der Waals surface area contributed by atoms with E-state index in [4.69, 9.17) is 4.74 Å². The fraction of sp³-hybridized carbons (Fsp3) is 0.235. The summed E-state index contributed by atoms with van der Waals surface area (Å²) < 4.78 is 5.13. The molecule has 2 rings (SSSR count). The highest BCUT2D eigenvalue weighted by Gasteiger charge is 2.12. The first-order valence-electron chi connectivity index (χ1n) is 7.47. The first-order chi connectivity index (χ1) is 11.6. The number of amides is 1. The maximum atomic E-state index is 11.9. The highest BCUT2D eigenvalue weighted by Crippen LogP contribution is 2.28. The lowest BCUT2D eigenvalue weighted by Gasteiger charge is -2.11. The second kappa shape index (κ2) is 8.52. The molecule has 0 atom stereocenters. The van der Waals surface area contributed by atoms with Crippen molar-refractivity contribution in [2.45, 2.75) is 6.42 Å². The van der Waals surface area contributed by atoms with E-state index in [0.717, 1.165) is 12.0 Å². The second-order valence-electron chi connectivity index (χ2n) is 5.08. The largest absolute Gasteiger partial charge is 0.495 e. The number of nitrogens with one attached hydrogen (secondary N) is 2. The van der Waals surface area contributed by atoms with Gasteiger partial charge in [0.1, 0.15) is 5.75 Å². The first kappa shape index (κ1) is 17.3. The number of rotatable bonds is 8. The molecule has 0 aliphatic heterocycles. The van der Waals surface area contributed by atoms with Gasteiger partial charge in [-0.2, -0.15) is 0 Å². The summed E-state index contributed by atoms with van der Waals surface area (Å²) in [7, 11) is 1.46. The number of carbonyl (C=O) groups is 1. The van der Waals surface area contributed by atoms with Crippen LogP contribution in [0, 0.1) is 10.1 Å². The number of non-ortho nitro benzene ring substituents is 1. The molecule has 7 heteroatoms. The molecule has 0 aliphatic carbocycles. The highest BCUT2D eigenvalue weighted by atomic mass is 16.6. The van der Waals surface area contributed by atoms with Gasteiger partial charge in [0.25, 0.3) is 5.69 Å². The minimum Gasteiger partial charge on any atom is -0.495 e. The zero-order valence-corrected chi connectivity index (χ0v) is 13.3. The molecule has 0 radical (unpaired) electrons. The van der Waals surface area contributed by atoms with Gasteiger partial charge in [0.2, 0.25) is 5.91 Å². The molecule has 0 heterocycles. The smallest absolute Gasteiger partial charge is 0.271 e. The lowest BCUT2D eigenvalue weighted by molar-refractivity contribution is -0.384. The predicted molar refractivity (Wildman–Crippen MR) is 91.3 cm³/mol. The van der Waals surface area contributed by atoms with Crippen molar-refractivity contribution < 1.29 is 14.5 Å². The third kappa shape index (κ3) is 4.98. The fourth-order valence-electron chi connectivity index (χ4n) is 2.18. The Bertz CT molecular complexity index is 704. The number of anilines is 1. The number of nitrogens with zero attached hydrogens (tertiary/aromatic N) is 1. The third-order valence-electron chi connectivity index (χ3n) is 3.41. The van der Waals surface area contributed by atoms with Crippen LogP contribution in [-0.2, 0) is 11.2 Å². The van der Waals surface area contributed by atoms with E-state index in [1.54, 1.807) is 0 Å². The van der Waals surface area contributed by atoms with Gasteiger partial charge in [0, 0.05) is 18.7 Å². The Kier molecular flexibility index (Phi) is 6.13. The summed E-state index contributed by atoms with van der Waals surface area (Å²) in [5.41, 5.74) is 1.49. The highest BCUT2D eigenvalue weighted by molar-refractivity contribution is 5.81. The molecule has 0 spiro atoms. The van der Waals surface area contributed by atoms with E-state index in [-0.39, 0.29) is 18.1 Å². The number of hydrogen-bond donors (Lipinski definition) is 2. The quantitative estimate of drug-likeness (QED) is 0.573. The molecule has 0 aliphatic rings. The minimum atomic E-state index is -0.495. The molecule has 2 aromatic rings. The molecule has 0 saturated heterocycles. The lowest BCUT2D eigenvalue weighted by Crippen LogP contribution is -2.31. The van der Waals surface area contributed by atoms with Crippen LogP contribution >= 0.6 is 0 Å². The molecular weight excluding hydrogens is 310 g/mol.